The second-order valence-electron chi connectivity index (χ2n) is 4.31. The molecule has 0 bridgehead atoms. The van der Waals surface area contributed by atoms with Gasteiger partial charge in [-0.05, 0) is 33.8 Å². The normalized spacial score (nSPS) is 12.7. The molecule has 15 heavy (non-hydrogen) atoms. The van der Waals surface area contributed by atoms with E-state index >= 15 is 0 Å². The zero-order chi connectivity index (χ0) is 11.5. The standard InChI is InChI=1S/C11H16N2O2/c1-8(13-15-11(2,3)4)9-6-5-7-10(14)12-9/h5-7H,1-4H3,(H,12,14)/b13-8+. The lowest BCUT2D eigenvalue weighted by molar-refractivity contribution is 0.000919. The SMILES string of the molecule is C/C(=N\OC(C)(C)C)c1cccc(=O)[nH]1. The number of hydrogen-bond acceptors (Lipinski definition) is 3. The van der Waals surface area contributed by atoms with E-state index in [9.17, 15) is 4.79 Å². The summed E-state index contributed by atoms with van der Waals surface area (Å²) in [5, 5.41) is 3.95. The third-order valence-electron chi connectivity index (χ3n) is 1.61. The molecule has 0 aliphatic carbocycles. The van der Waals surface area contributed by atoms with Crippen LogP contribution in [0.5, 0.6) is 0 Å². The van der Waals surface area contributed by atoms with Gasteiger partial charge in [0.25, 0.3) is 0 Å². The van der Waals surface area contributed by atoms with Crippen molar-refractivity contribution >= 4 is 5.71 Å². The molecule has 4 nitrogen and oxygen atoms in total. The van der Waals surface area contributed by atoms with E-state index in [1.54, 1.807) is 19.1 Å². The van der Waals surface area contributed by atoms with Crippen molar-refractivity contribution in [2.45, 2.75) is 33.3 Å². The fraction of sp³-hybridized carbons (Fsp3) is 0.455. The van der Waals surface area contributed by atoms with Gasteiger partial charge in [0.15, 0.2) is 0 Å². The molecule has 0 aromatic carbocycles. The topological polar surface area (TPSA) is 54.4 Å². The minimum atomic E-state index is -0.323. The number of oxime groups is 1. The molecule has 1 N–H and O–H groups in total. The number of aromatic nitrogens is 1. The Bertz CT molecular complexity index is 413. The molecule has 0 spiro atoms. The van der Waals surface area contributed by atoms with Crippen molar-refractivity contribution in [3.05, 3.63) is 34.2 Å². The third kappa shape index (κ3) is 3.97. The first-order valence-corrected chi connectivity index (χ1v) is 4.81. The zero-order valence-electron chi connectivity index (χ0n) is 9.50. The van der Waals surface area contributed by atoms with Gasteiger partial charge in [-0.25, -0.2) is 0 Å². The third-order valence-corrected chi connectivity index (χ3v) is 1.61. The summed E-state index contributed by atoms with van der Waals surface area (Å²) in [6.45, 7) is 7.53. The number of hydrogen-bond donors (Lipinski definition) is 1. The van der Waals surface area contributed by atoms with Crippen molar-refractivity contribution in [1.82, 2.24) is 4.98 Å². The lowest BCUT2D eigenvalue weighted by Crippen LogP contribution is -2.17. The molecule has 0 aliphatic rings. The largest absolute Gasteiger partial charge is 0.390 e. The predicted molar refractivity (Wildman–Crippen MR) is 60.1 cm³/mol. The van der Waals surface area contributed by atoms with Gasteiger partial charge in [-0.2, -0.15) is 0 Å². The fourth-order valence-electron chi connectivity index (χ4n) is 0.913. The van der Waals surface area contributed by atoms with E-state index in [0.29, 0.717) is 11.4 Å². The summed E-state index contributed by atoms with van der Waals surface area (Å²) in [6.07, 6.45) is 0. The van der Waals surface area contributed by atoms with E-state index < -0.39 is 0 Å². The Morgan fingerprint density at radius 1 is 1.40 bits per heavy atom. The van der Waals surface area contributed by atoms with Crippen LogP contribution in [0.1, 0.15) is 33.4 Å². The van der Waals surface area contributed by atoms with E-state index in [4.69, 9.17) is 4.84 Å². The molecule has 1 rings (SSSR count). The highest BCUT2D eigenvalue weighted by molar-refractivity contribution is 5.96. The van der Waals surface area contributed by atoms with Gasteiger partial charge in [-0.3, -0.25) is 4.79 Å². The summed E-state index contributed by atoms with van der Waals surface area (Å²) < 4.78 is 0. The molecule has 0 atom stereocenters. The maximum absolute atomic E-state index is 11.0. The van der Waals surface area contributed by atoms with Crippen LogP contribution < -0.4 is 5.56 Å². The predicted octanol–water partition coefficient (Wildman–Crippen LogP) is 1.91. The second kappa shape index (κ2) is 4.29. The minimum absolute atomic E-state index is 0.141. The molecule has 0 unspecified atom stereocenters. The Balaban J connectivity index is 2.85. The van der Waals surface area contributed by atoms with Crippen LogP contribution in [0.3, 0.4) is 0 Å². The average molecular weight is 208 g/mol. The van der Waals surface area contributed by atoms with E-state index in [1.807, 2.05) is 20.8 Å². The number of nitrogens with one attached hydrogen (secondary N) is 1. The van der Waals surface area contributed by atoms with Crippen molar-refractivity contribution in [2.24, 2.45) is 5.16 Å². The van der Waals surface area contributed by atoms with Crippen molar-refractivity contribution < 1.29 is 4.84 Å². The monoisotopic (exact) mass is 208 g/mol. The first kappa shape index (κ1) is 11.5. The van der Waals surface area contributed by atoms with E-state index in [2.05, 4.69) is 10.1 Å². The van der Waals surface area contributed by atoms with Crippen LogP contribution in [0.25, 0.3) is 0 Å². The van der Waals surface area contributed by atoms with Gasteiger partial charge in [0.2, 0.25) is 5.56 Å². The molecule has 0 radical (unpaired) electrons. The van der Waals surface area contributed by atoms with Crippen LogP contribution in [-0.2, 0) is 4.84 Å². The maximum atomic E-state index is 11.0. The minimum Gasteiger partial charge on any atom is -0.390 e. The van der Waals surface area contributed by atoms with Gasteiger partial charge in [0.05, 0.1) is 5.69 Å². The van der Waals surface area contributed by atoms with Gasteiger partial charge < -0.3 is 9.82 Å². The first-order valence-electron chi connectivity index (χ1n) is 4.81. The van der Waals surface area contributed by atoms with Crippen LogP contribution >= 0.6 is 0 Å². The number of aromatic amines is 1. The van der Waals surface area contributed by atoms with Gasteiger partial charge >= 0.3 is 0 Å². The highest BCUT2D eigenvalue weighted by atomic mass is 16.6. The molecule has 82 valence electrons. The molecule has 0 saturated heterocycles. The van der Waals surface area contributed by atoms with Crippen LogP contribution in [0, 0.1) is 0 Å². The lowest BCUT2D eigenvalue weighted by Gasteiger charge is -2.15. The molecule has 4 heteroatoms. The Hall–Kier alpha value is -1.58. The lowest BCUT2D eigenvalue weighted by atomic mass is 10.2. The Morgan fingerprint density at radius 3 is 2.60 bits per heavy atom. The van der Waals surface area contributed by atoms with Crippen molar-refractivity contribution in [1.29, 1.82) is 0 Å². The summed E-state index contributed by atoms with van der Waals surface area (Å²) in [7, 11) is 0. The zero-order valence-corrected chi connectivity index (χ0v) is 9.50. The fourth-order valence-corrected chi connectivity index (χ4v) is 0.913. The summed E-state index contributed by atoms with van der Waals surface area (Å²) in [5.74, 6) is 0. The van der Waals surface area contributed by atoms with Gasteiger partial charge in [-0.15, -0.1) is 0 Å². The smallest absolute Gasteiger partial charge is 0.248 e. The van der Waals surface area contributed by atoms with Crippen LogP contribution in [-0.4, -0.2) is 16.3 Å². The number of pyridine rings is 1. The summed E-state index contributed by atoms with van der Waals surface area (Å²) in [5.41, 5.74) is 0.864. The number of rotatable bonds is 2. The van der Waals surface area contributed by atoms with Gasteiger partial charge in [0.1, 0.15) is 11.3 Å². The van der Waals surface area contributed by atoms with Crippen molar-refractivity contribution in [3.63, 3.8) is 0 Å². The second-order valence-corrected chi connectivity index (χ2v) is 4.31. The van der Waals surface area contributed by atoms with E-state index in [0.717, 1.165) is 0 Å². The van der Waals surface area contributed by atoms with Crippen LogP contribution in [0.15, 0.2) is 28.1 Å². The molecule has 0 saturated carbocycles. The van der Waals surface area contributed by atoms with E-state index in [-0.39, 0.29) is 11.2 Å². The van der Waals surface area contributed by atoms with Crippen molar-refractivity contribution in [3.8, 4) is 0 Å². The Labute approximate surface area is 89.0 Å². The molecule has 0 amide bonds. The van der Waals surface area contributed by atoms with Crippen LogP contribution in [0.4, 0.5) is 0 Å². The van der Waals surface area contributed by atoms with Gasteiger partial charge in [0, 0.05) is 6.07 Å². The Kier molecular flexibility index (Phi) is 3.29. The molecule has 1 aromatic heterocycles. The summed E-state index contributed by atoms with van der Waals surface area (Å²) in [4.78, 5) is 19.0. The quantitative estimate of drug-likeness (QED) is 0.596. The van der Waals surface area contributed by atoms with Crippen LogP contribution in [0.2, 0.25) is 0 Å². The molecule has 0 aliphatic heterocycles. The number of nitrogens with zero attached hydrogens (tertiary/aromatic N) is 1. The first-order chi connectivity index (χ1) is 6.88. The molecule has 1 heterocycles. The molecule has 0 fully saturated rings. The molecule has 1 aromatic rings. The summed E-state index contributed by atoms with van der Waals surface area (Å²) in [6, 6.07) is 4.93. The van der Waals surface area contributed by atoms with E-state index in [1.165, 1.54) is 6.07 Å². The molecular formula is C11H16N2O2. The average Bonchev–Trinajstić information content (AvgIpc) is 2.13. The molecular weight excluding hydrogens is 192 g/mol. The summed E-state index contributed by atoms with van der Waals surface area (Å²) >= 11 is 0. The highest BCUT2D eigenvalue weighted by Crippen LogP contribution is 2.08. The maximum Gasteiger partial charge on any atom is 0.248 e. The van der Waals surface area contributed by atoms with Gasteiger partial charge in [-0.1, -0.05) is 11.2 Å². The number of H-pyrrole nitrogens is 1. The van der Waals surface area contributed by atoms with Crippen molar-refractivity contribution in [2.75, 3.05) is 0 Å². The highest BCUT2D eigenvalue weighted by Gasteiger charge is 2.10. The Morgan fingerprint density at radius 2 is 2.07 bits per heavy atom.